The second-order valence-corrected chi connectivity index (χ2v) is 12.3. The predicted octanol–water partition coefficient (Wildman–Crippen LogP) is 4.91. The van der Waals surface area contributed by atoms with E-state index in [4.69, 9.17) is 18.9 Å². The van der Waals surface area contributed by atoms with Crippen molar-refractivity contribution in [3.63, 3.8) is 0 Å². The van der Waals surface area contributed by atoms with E-state index < -0.39 is 17.5 Å². The number of fused-ring (bicyclic) bond motifs is 2. The van der Waals surface area contributed by atoms with Crippen LogP contribution in [0.4, 0.5) is 5.69 Å². The Balaban J connectivity index is 1.07. The molecule has 0 atom stereocenters. The summed E-state index contributed by atoms with van der Waals surface area (Å²) in [6, 6.07) is 21.6. The third kappa shape index (κ3) is 6.61. The fraction of sp³-hybridized carbons (Fsp3) is 0.231. The van der Waals surface area contributed by atoms with Crippen LogP contribution in [0.1, 0.15) is 37.4 Å². The molecule has 1 amide bonds. The standard InChI is InChI=1S/C39H36N6O7/c1-49-33-17-24-14-16-44(22-25(24)18-34(33)50-2)15-13-23-9-11-26(12-10-23)45-42-38(41-43-45)29-20-35(51-3)36(52-4)21-31(29)40-39(48)30-19-32(46)27-7-5-6-8-28(27)37(30)47/h5-12,17-21H,13-16,22H2,1-4H3,(H,40,48). The molecule has 0 unspecified atom stereocenters. The molecule has 1 N–H and O–H groups in total. The topological polar surface area (TPSA) is 147 Å². The molecule has 2 heterocycles. The SMILES string of the molecule is COc1cc2c(cc1OC)CN(CCc1ccc(-n3nnc(-c4cc(OC)c(OC)cc4NC(=O)C4=CC(=O)c5ccccc5C4=O)n3)cc1)CC2. The molecule has 52 heavy (non-hydrogen) atoms. The van der Waals surface area contributed by atoms with Crippen LogP contribution in [0.3, 0.4) is 0 Å². The fourth-order valence-electron chi connectivity index (χ4n) is 6.49. The Kier molecular flexibility index (Phi) is 9.51. The highest BCUT2D eigenvalue weighted by Gasteiger charge is 2.30. The molecule has 0 bridgehead atoms. The number of aromatic nitrogens is 4. The first-order valence-corrected chi connectivity index (χ1v) is 16.6. The molecular weight excluding hydrogens is 664 g/mol. The third-order valence-corrected chi connectivity index (χ3v) is 9.31. The highest BCUT2D eigenvalue weighted by atomic mass is 16.5. The Labute approximate surface area is 299 Å². The van der Waals surface area contributed by atoms with Crippen molar-refractivity contribution in [2.75, 3.05) is 46.8 Å². The number of hydrogen-bond donors (Lipinski definition) is 1. The minimum Gasteiger partial charge on any atom is -0.493 e. The van der Waals surface area contributed by atoms with E-state index in [1.165, 1.54) is 41.8 Å². The molecule has 5 aromatic rings. The number of rotatable bonds is 11. The van der Waals surface area contributed by atoms with Crippen LogP contribution < -0.4 is 24.3 Å². The van der Waals surface area contributed by atoms with Crippen molar-refractivity contribution in [2.45, 2.75) is 19.4 Å². The largest absolute Gasteiger partial charge is 0.493 e. The first-order chi connectivity index (χ1) is 25.3. The van der Waals surface area contributed by atoms with Gasteiger partial charge >= 0.3 is 0 Å². The van der Waals surface area contributed by atoms with Crippen molar-refractivity contribution >= 4 is 23.2 Å². The molecule has 264 valence electrons. The van der Waals surface area contributed by atoms with Gasteiger partial charge in [0, 0.05) is 42.9 Å². The summed E-state index contributed by atoms with van der Waals surface area (Å²) in [5.41, 5.74) is 5.14. The Bertz CT molecular complexity index is 2230. The van der Waals surface area contributed by atoms with Gasteiger partial charge < -0.3 is 24.3 Å². The second-order valence-electron chi connectivity index (χ2n) is 12.3. The summed E-state index contributed by atoms with van der Waals surface area (Å²) in [5.74, 6) is 0.633. The smallest absolute Gasteiger partial charge is 0.259 e. The minimum absolute atomic E-state index is 0.169. The van der Waals surface area contributed by atoms with Crippen molar-refractivity contribution in [3.8, 4) is 40.1 Å². The molecule has 0 saturated carbocycles. The lowest BCUT2D eigenvalue weighted by Crippen LogP contribution is -2.32. The van der Waals surface area contributed by atoms with Crippen LogP contribution in [0, 0.1) is 0 Å². The molecular formula is C39H36N6O7. The molecule has 0 radical (unpaired) electrons. The van der Waals surface area contributed by atoms with E-state index in [1.807, 2.05) is 24.3 Å². The normalized spacial score (nSPS) is 13.9. The van der Waals surface area contributed by atoms with Crippen molar-refractivity contribution in [3.05, 3.63) is 112 Å². The van der Waals surface area contributed by atoms with E-state index in [0.29, 0.717) is 22.7 Å². The van der Waals surface area contributed by atoms with Crippen molar-refractivity contribution in [1.29, 1.82) is 0 Å². The summed E-state index contributed by atoms with van der Waals surface area (Å²) in [6.45, 7) is 2.71. The van der Waals surface area contributed by atoms with Crippen LogP contribution in [-0.2, 0) is 24.2 Å². The zero-order valence-corrected chi connectivity index (χ0v) is 29.1. The quantitative estimate of drug-likeness (QED) is 0.188. The maximum atomic E-state index is 13.5. The molecule has 1 aromatic heterocycles. The monoisotopic (exact) mass is 700 g/mol. The lowest BCUT2D eigenvalue weighted by Gasteiger charge is -2.29. The fourth-order valence-corrected chi connectivity index (χ4v) is 6.49. The number of hydrogen-bond acceptors (Lipinski definition) is 11. The highest BCUT2D eigenvalue weighted by molar-refractivity contribution is 6.36. The van der Waals surface area contributed by atoms with E-state index >= 15 is 0 Å². The summed E-state index contributed by atoms with van der Waals surface area (Å²) in [6.07, 6.45) is 2.87. The van der Waals surface area contributed by atoms with Gasteiger partial charge in [-0.25, -0.2) is 0 Å². The highest BCUT2D eigenvalue weighted by Crippen LogP contribution is 2.38. The number of amides is 1. The number of allylic oxidation sites excluding steroid dienone is 1. The van der Waals surface area contributed by atoms with Crippen LogP contribution in [0.2, 0.25) is 0 Å². The number of carbonyl (C=O) groups is 3. The average Bonchev–Trinajstić information content (AvgIpc) is 3.68. The molecule has 0 spiro atoms. The van der Waals surface area contributed by atoms with Gasteiger partial charge in [0.2, 0.25) is 5.82 Å². The Morgan fingerprint density at radius 1 is 0.788 bits per heavy atom. The predicted molar refractivity (Wildman–Crippen MR) is 192 cm³/mol. The number of carbonyl (C=O) groups excluding carboxylic acids is 3. The van der Waals surface area contributed by atoms with Crippen LogP contribution >= 0.6 is 0 Å². The Morgan fingerprint density at radius 2 is 1.44 bits per heavy atom. The van der Waals surface area contributed by atoms with E-state index in [9.17, 15) is 14.4 Å². The van der Waals surface area contributed by atoms with Gasteiger partial charge in [0.1, 0.15) is 0 Å². The van der Waals surface area contributed by atoms with Gasteiger partial charge in [-0.05, 0) is 65.1 Å². The van der Waals surface area contributed by atoms with Gasteiger partial charge in [-0.2, -0.15) is 0 Å². The number of nitrogens with zero attached hydrogens (tertiary/aromatic N) is 5. The number of ether oxygens (including phenoxy) is 4. The molecule has 0 fully saturated rings. The number of ketones is 2. The summed E-state index contributed by atoms with van der Waals surface area (Å²) in [4.78, 5) is 43.2. The summed E-state index contributed by atoms with van der Waals surface area (Å²) >= 11 is 0. The zero-order chi connectivity index (χ0) is 36.4. The van der Waals surface area contributed by atoms with Crippen molar-refractivity contribution in [1.82, 2.24) is 25.1 Å². The average molecular weight is 701 g/mol. The van der Waals surface area contributed by atoms with Gasteiger partial charge in [0.05, 0.1) is 51.0 Å². The summed E-state index contributed by atoms with van der Waals surface area (Å²) in [7, 11) is 6.26. The van der Waals surface area contributed by atoms with Crippen molar-refractivity contribution in [2.24, 2.45) is 0 Å². The maximum Gasteiger partial charge on any atom is 0.259 e. The molecule has 1 aliphatic carbocycles. The molecule has 1 aliphatic heterocycles. The first kappa shape index (κ1) is 34.1. The number of benzene rings is 4. The van der Waals surface area contributed by atoms with Gasteiger partial charge in [0.25, 0.3) is 5.91 Å². The third-order valence-electron chi connectivity index (χ3n) is 9.31. The second kappa shape index (κ2) is 14.5. The Morgan fingerprint density at radius 3 is 2.15 bits per heavy atom. The van der Waals surface area contributed by atoms with E-state index in [-0.39, 0.29) is 28.2 Å². The van der Waals surface area contributed by atoms with E-state index in [2.05, 4.69) is 37.8 Å². The summed E-state index contributed by atoms with van der Waals surface area (Å²) in [5, 5.41) is 15.9. The molecule has 13 nitrogen and oxygen atoms in total. The van der Waals surface area contributed by atoms with Gasteiger partial charge in [0.15, 0.2) is 34.6 Å². The molecule has 0 saturated heterocycles. The lowest BCUT2D eigenvalue weighted by atomic mass is 9.89. The lowest BCUT2D eigenvalue weighted by molar-refractivity contribution is -0.112. The zero-order valence-electron chi connectivity index (χ0n) is 29.1. The van der Waals surface area contributed by atoms with Crippen molar-refractivity contribution < 1.29 is 33.3 Å². The van der Waals surface area contributed by atoms with Gasteiger partial charge in [-0.1, -0.05) is 36.4 Å². The van der Waals surface area contributed by atoms with E-state index in [0.717, 1.165) is 50.1 Å². The number of anilines is 1. The molecule has 13 heteroatoms. The Hall–Kier alpha value is -6.34. The maximum absolute atomic E-state index is 13.5. The van der Waals surface area contributed by atoms with Gasteiger partial charge in [-0.3, -0.25) is 19.3 Å². The van der Waals surface area contributed by atoms with Crippen LogP contribution in [0.5, 0.6) is 23.0 Å². The number of nitrogens with one attached hydrogen (secondary N) is 1. The minimum atomic E-state index is -0.766. The van der Waals surface area contributed by atoms with Crippen LogP contribution in [0.15, 0.2) is 84.4 Å². The van der Waals surface area contributed by atoms with Crippen LogP contribution in [0.25, 0.3) is 17.1 Å². The van der Waals surface area contributed by atoms with Gasteiger partial charge in [-0.15, -0.1) is 15.0 Å². The number of tetrazole rings is 1. The first-order valence-electron chi connectivity index (χ1n) is 16.6. The van der Waals surface area contributed by atoms with E-state index in [1.54, 1.807) is 44.6 Å². The number of methoxy groups -OCH3 is 4. The summed E-state index contributed by atoms with van der Waals surface area (Å²) < 4.78 is 22.0. The molecule has 2 aliphatic rings. The van der Waals surface area contributed by atoms with Crippen LogP contribution in [-0.4, -0.2) is 84.1 Å². The molecule has 4 aromatic carbocycles. The number of Topliss-reactive ketones (excluding diaryl/α,β-unsaturated/α-hetero) is 1. The molecule has 7 rings (SSSR count).